The van der Waals surface area contributed by atoms with Gasteiger partial charge in [0.15, 0.2) is 5.82 Å². The lowest BCUT2D eigenvalue weighted by Crippen LogP contribution is -2.52. The van der Waals surface area contributed by atoms with Crippen LogP contribution in [-0.4, -0.2) is 32.1 Å². The number of H-pyrrole nitrogens is 1. The monoisotopic (exact) mass is 212 g/mol. The molecule has 15 heavy (non-hydrogen) atoms. The fourth-order valence-electron chi connectivity index (χ4n) is 1.16. The van der Waals surface area contributed by atoms with Crippen molar-refractivity contribution in [3.05, 3.63) is 5.82 Å². The zero-order valence-electron chi connectivity index (χ0n) is 8.95. The van der Waals surface area contributed by atoms with Crippen molar-refractivity contribution in [1.29, 1.82) is 0 Å². The number of carbonyl (C=O) groups is 1. The Morgan fingerprint density at radius 3 is 2.67 bits per heavy atom. The Hall–Kier alpha value is -1.50. The summed E-state index contributed by atoms with van der Waals surface area (Å²) in [5, 5.41) is 15.8. The molecule has 84 valence electrons. The van der Waals surface area contributed by atoms with Crippen molar-refractivity contribution in [3.8, 4) is 0 Å². The summed E-state index contributed by atoms with van der Waals surface area (Å²) in [6, 6.07) is 0. The van der Waals surface area contributed by atoms with Gasteiger partial charge in [0.05, 0.1) is 12.1 Å². The summed E-state index contributed by atoms with van der Waals surface area (Å²) in [6.45, 7) is 4.02. The molecule has 0 bridgehead atoms. The highest BCUT2D eigenvalue weighted by atomic mass is 16.2. The molecule has 0 aliphatic heterocycles. The molecule has 0 aliphatic rings. The van der Waals surface area contributed by atoms with Crippen LogP contribution in [0.1, 0.15) is 32.5 Å². The molecular weight excluding hydrogens is 196 g/mol. The Morgan fingerprint density at radius 2 is 2.20 bits per heavy atom. The van der Waals surface area contributed by atoms with Crippen LogP contribution in [0, 0.1) is 0 Å². The van der Waals surface area contributed by atoms with Gasteiger partial charge in [-0.1, -0.05) is 19.1 Å². The molecule has 1 aromatic heterocycles. The van der Waals surface area contributed by atoms with Crippen molar-refractivity contribution >= 4 is 5.91 Å². The van der Waals surface area contributed by atoms with Gasteiger partial charge < -0.3 is 11.1 Å². The zero-order chi connectivity index (χ0) is 11.3. The molecule has 0 aliphatic carbocycles. The Kier molecular flexibility index (Phi) is 3.73. The van der Waals surface area contributed by atoms with E-state index in [1.165, 1.54) is 0 Å². The van der Waals surface area contributed by atoms with Gasteiger partial charge in [0, 0.05) is 0 Å². The van der Waals surface area contributed by atoms with Crippen LogP contribution >= 0.6 is 0 Å². The summed E-state index contributed by atoms with van der Waals surface area (Å²) in [7, 11) is 0. The summed E-state index contributed by atoms with van der Waals surface area (Å²) < 4.78 is 0. The summed E-state index contributed by atoms with van der Waals surface area (Å²) in [6.07, 6.45) is 1.20. The summed E-state index contributed by atoms with van der Waals surface area (Å²) in [5.41, 5.74) is 5.10. The Bertz CT molecular complexity index is 305. The second kappa shape index (κ2) is 4.83. The van der Waals surface area contributed by atoms with Crippen molar-refractivity contribution in [2.24, 2.45) is 5.73 Å². The van der Waals surface area contributed by atoms with E-state index >= 15 is 0 Å². The quantitative estimate of drug-likeness (QED) is 0.599. The molecule has 7 nitrogen and oxygen atoms in total. The third-order valence-corrected chi connectivity index (χ3v) is 2.51. The van der Waals surface area contributed by atoms with E-state index in [2.05, 4.69) is 25.9 Å². The van der Waals surface area contributed by atoms with Crippen molar-refractivity contribution in [2.45, 2.75) is 38.8 Å². The molecule has 4 N–H and O–H groups in total. The molecule has 0 fully saturated rings. The Morgan fingerprint density at radius 1 is 1.53 bits per heavy atom. The van der Waals surface area contributed by atoms with Gasteiger partial charge in [0.2, 0.25) is 5.91 Å². The van der Waals surface area contributed by atoms with Crippen LogP contribution in [0.2, 0.25) is 0 Å². The number of nitrogens with one attached hydrogen (secondary N) is 2. The smallest absolute Gasteiger partial charge is 0.240 e. The minimum atomic E-state index is -0.802. The van der Waals surface area contributed by atoms with E-state index in [4.69, 9.17) is 5.73 Å². The lowest BCUT2D eigenvalue weighted by Gasteiger charge is -2.24. The van der Waals surface area contributed by atoms with Gasteiger partial charge in [-0.15, -0.1) is 10.2 Å². The van der Waals surface area contributed by atoms with Crippen LogP contribution in [0.4, 0.5) is 0 Å². The summed E-state index contributed by atoms with van der Waals surface area (Å²) in [5.74, 6) is 0.259. The molecule has 1 heterocycles. The first-order valence-corrected chi connectivity index (χ1v) is 4.92. The molecule has 0 spiro atoms. The fraction of sp³-hybridized carbons (Fsp3) is 0.750. The highest BCUT2D eigenvalue weighted by molar-refractivity contribution is 5.85. The van der Waals surface area contributed by atoms with Gasteiger partial charge in [-0.25, -0.2) is 0 Å². The van der Waals surface area contributed by atoms with Crippen LogP contribution in [0.15, 0.2) is 0 Å². The van der Waals surface area contributed by atoms with E-state index in [9.17, 15) is 4.79 Å². The number of nitrogens with two attached hydrogens (primary N) is 1. The van der Waals surface area contributed by atoms with Crippen molar-refractivity contribution < 1.29 is 4.79 Å². The van der Waals surface area contributed by atoms with E-state index in [-0.39, 0.29) is 12.5 Å². The molecule has 1 aromatic rings. The van der Waals surface area contributed by atoms with E-state index < -0.39 is 5.54 Å². The van der Waals surface area contributed by atoms with Gasteiger partial charge in [0.25, 0.3) is 0 Å². The SMILES string of the molecule is CCC(N)(CC)C(=O)NCc1nn[nH]n1. The fourth-order valence-corrected chi connectivity index (χ4v) is 1.16. The van der Waals surface area contributed by atoms with Crippen LogP contribution in [0.5, 0.6) is 0 Å². The number of aromatic nitrogens is 4. The van der Waals surface area contributed by atoms with Gasteiger partial charge in [-0.2, -0.15) is 5.21 Å². The number of aromatic amines is 1. The topological polar surface area (TPSA) is 110 Å². The van der Waals surface area contributed by atoms with Crippen molar-refractivity contribution in [3.63, 3.8) is 0 Å². The second-order valence-electron chi connectivity index (χ2n) is 3.37. The summed E-state index contributed by atoms with van der Waals surface area (Å²) >= 11 is 0. The van der Waals surface area contributed by atoms with E-state index in [0.717, 1.165) is 0 Å². The number of nitrogens with zero attached hydrogens (tertiary/aromatic N) is 3. The van der Waals surface area contributed by atoms with Gasteiger partial charge in [-0.3, -0.25) is 4.79 Å². The largest absolute Gasteiger partial charge is 0.347 e. The number of carbonyl (C=O) groups excluding carboxylic acids is 1. The molecule has 0 aromatic carbocycles. The first kappa shape index (κ1) is 11.6. The number of tetrazole rings is 1. The zero-order valence-corrected chi connectivity index (χ0v) is 8.95. The molecule has 0 saturated carbocycles. The standard InChI is InChI=1S/C8H16N6O/c1-3-8(9,4-2)7(15)10-5-6-11-13-14-12-6/h3-5,9H2,1-2H3,(H,10,15)(H,11,12,13,14). The van der Waals surface area contributed by atoms with Crippen molar-refractivity contribution in [2.75, 3.05) is 0 Å². The molecule has 7 heteroatoms. The number of hydrogen-bond acceptors (Lipinski definition) is 5. The van der Waals surface area contributed by atoms with Gasteiger partial charge in [0.1, 0.15) is 0 Å². The molecule has 0 saturated heterocycles. The maximum Gasteiger partial charge on any atom is 0.240 e. The highest BCUT2D eigenvalue weighted by Gasteiger charge is 2.29. The van der Waals surface area contributed by atoms with Crippen LogP contribution < -0.4 is 11.1 Å². The Balaban J connectivity index is 2.48. The predicted octanol–water partition coefficient (Wildman–Crippen LogP) is -0.667. The minimum absolute atomic E-state index is 0.183. The highest BCUT2D eigenvalue weighted by Crippen LogP contribution is 2.10. The number of hydrogen-bond donors (Lipinski definition) is 3. The average Bonchev–Trinajstić information content (AvgIpc) is 2.77. The lowest BCUT2D eigenvalue weighted by molar-refractivity contribution is -0.126. The molecule has 1 rings (SSSR count). The third-order valence-electron chi connectivity index (χ3n) is 2.51. The molecule has 1 amide bonds. The first-order valence-electron chi connectivity index (χ1n) is 4.92. The van der Waals surface area contributed by atoms with Crippen LogP contribution in [-0.2, 0) is 11.3 Å². The van der Waals surface area contributed by atoms with Crippen LogP contribution in [0.25, 0.3) is 0 Å². The maximum atomic E-state index is 11.7. The van der Waals surface area contributed by atoms with Gasteiger partial charge in [-0.05, 0) is 12.8 Å². The first-order chi connectivity index (χ1) is 7.12. The molecule has 0 radical (unpaired) electrons. The number of amides is 1. The Labute approximate surface area is 87.8 Å². The molecule has 0 atom stereocenters. The maximum absolute atomic E-state index is 11.7. The minimum Gasteiger partial charge on any atom is -0.347 e. The van der Waals surface area contributed by atoms with Crippen molar-refractivity contribution in [1.82, 2.24) is 25.9 Å². The van der Waals surface area contributed by atoms with E-state index in [1.807, 2.05) is 13.8 Å². The second-order valence-corrected chi connectivity index (χ2v) is 3.37. The van der Waals surface area contributed by atoms with Gasteiger partial charge >= 0.3 is 0 Å². The number of rotatable bonds is 5. The summed E-state index contributed by atoms with van der Waals surface area (Å²) in [4.78, 5) is 11.7. The molecule has 0 unspecified atom stereocenters. The lowest BCUT2D eigenvalue weighted by atomic mass is 9.93. The predicted molar refractivity (Wildman–Crippen MR) is 53.5 cm³/mol. The normalized spacial score (nSPS) is 11.4. The average molecular weight is 212 g/mol. The van der Waals surface area contributed by atoms with E-state index in [1.54, 1.807) is 0 Å². The van der Waals surface area contributed by atoms with Crippen LogP contribution in [0.3, 0.4) is 0 Å². The third kappa shape index (κ3) is 2.72. The molecular formula is C8H16N6O. The van der Waals surface area contributed by atoms with E-state index in [0.29, 0.717) is 18.7 Å².